The van der Waals surface area contributed by atoms with E-state index in [9.17, 15) is 4.79 Å². The number of nitrogens with one attached hydrogen (secondary N) is 1. The van der Waals surface area contributed by atoms with Crippen molar-refractivity contribution in [3.63, 3.8) is 0 Å². The van der Waals surface area contributed by atoms with Crippen molar-refractivity contribution in [1.29, 1.82) is 0 Å². The highest BCUT2D eigenvalue weighted by molar-refractivity contribution is 6.56. The van der Waals surface area contributed by atoms with Gasteiger partial charge in [-0.15, -0.1) is 0 Å². The summed E-state index contributed by atoms with van der Waals surface area (Å²) in [5, 5.41) is 2.82. The number of carbonyl (C=O) groups is 1. The second-order valence-corrected chi connectivity index (χ2v) is 8.73. The zero-order valence-corrected chi connectivity index (χ0v) is 19.5. The Morgan fingerprint density at radius 3 is 2.38 bits per heavy atom. The molecule has 0 spiro atoms. The molecule has 1 aliphatic rings. The van der Waals surface area contributed by atoms with Crippen LogP contribution in [0, 0.1) is 0 Å². The van der Waals surface area contributed by atoms with Gasteiger partial charge in [-0.3, -0.25) is 0 Å². The van der Waals surface area contributed by atoms with Crippen molar-refractivity contribution in [2.24, 2.45) is 0 Å². The molecule has 6 nitrogen and oxygen atoms in total. The molecule has 1 amide bonds. The quantitative estimate of drug-likeness (QED) is 0.587. The number of benzene rings is 2. The number of hydrogen-bond donors (Lipinski definition) is 1. The molecule has 2 aromatic rings. The van der Waals surface area contributed by atoms with Crippen molar-refractivity contribution in [3.8, 4) is 5.75 Å². The summed E-state index contributed by atoms with van der Waals surface area (Å²) in [5.74, 6) is 0.782. The molecule has 0 unspecified atom stereocenters. The Hall–Kier alpha value is -2.77. The van der Waals surface area contributed by atoms with Crippen LogP contribution in [-0.2, 0) is 20.7 Å². The molecule has 0 saturated carbocycles. The van der Waals surface area contributed by atoms with Gasteiger partial charge in [-0.1, -0.05) is 48.5 Å². The summed E-state index contributed by atoms with van der Waals surface area (Å²) in [6.45, 7) is 11.0. The Morgan fingerprint density at radius 2 is 1.72 bits per heavy atom. The number of alkyl carbamates (subject to hydrolysis) is 1. The van der Waals surface area contributed by atoms with Gasteiger partial charge < -0.3 is 24.1 Å². The van der Waals surface area contributed by atoms with Crippen LogP contribution in [0.2, 0.25) is 0 Å². The fourth-order valence-electron chi connectivity index (χ4n) is 3.22. The van der Waals surface area contributed by atoms with Gasteiger partial charge >= 0.3 is 13.2 Å². The second-order valence-electron chi connectivity index (χ2n) is 8.73. The van der Waals surface area contributed by atoms with Gasteiger partial charge in [-0.05, 0) is 63.4 Å². The summed E-state index contributed by atoms with van der Waals surface area (Å²) < 4.78 is 23.4. The highest BCUT2D eigenvalue weighted by Crippen LogP contribution is 2.38. The van der Waals surface area contributed by atoms with E-state index in [4.69, 9.17) is 18.8 Å². The first-order chi connectivity index (χ1) is 15.2. The lowest BCUT2D eigenvalue weighted by molar-refractivity contribution is 0.00578. The highest BCUT2D eigenvalue weighted by atomic mass is 16.7. The van der Waals surface area contributed by atoms with E-state index < -0.39 is 24.4 Å². The lowest BCUT2D eigenvalue weighted by Gasteiger charge is -2.32. The first-order valence-corrected chi connectivity index (χ1v) is 10.9. The summed E-state index contributed by atoms with van der Waals surface area (Å²) in [6.07, 6.45) is 1.46. The van der Waals surface area contributed by atoms with Crippen LogP contribution in [0.3, 0.4) is 0 Å². The minimum atomic E-state index is -0.592. The average molecular weight is 437 g/mol. The number of carbonyl (C=O) groups excluding carboxylic acids is 1. The Bertz CT molecular complexity index is 926. The van der Waals surface area contributed by atoms with Crippen LogP contribution in [0.15, 0.2) is 60.1 Å². The molecule has 7 heteroatoms. The topological polar surface area (TPSA) is 66.0 Å². The third-order valence-electron chi connectivity index (χ3n) is 5.73. The van der Waals surface area contributed by atoms with E-state index in [0.29, 0.717) is 6.61 Å². The van der Waals surface area contributed by atoms with Crippen molar-refractivity contribution in [2.75, 3.05) is 13.2 Å². The van der Waals surface area contributed by atoms with Gasteiger partial charge in [0.1, 0.15) is 12.4 Å². The summed E-state index contributed by atoms with van der Waals surface area (Å²) in [5.41, 5.74) is 1.67. The maximum atomic E-state index is 12.3. The van der Waals surface area contributed by atoms with Crippen molar-refractivity contribution in [3.05, 3.63) is 71.2 Å². The van der Waals surface area contributed by atoms with Gasteiger partial charge in [-0.2, -0.15) is 0 Å². The molecule has 0 aromatic heterocycles. The smallest absolute Gasteiger partial charge is 0.492 e. The molecule has 1 aliphatic heterocycles. The number of ether oxygens (including phenoxy) is 2. The molecule has 0 radical (unpaired) electrons. The summed E-state index contributed by atoms with van der Waals surface area (Å²) in [7, 11) is -0.592. The average Bonchev–Trinajstić information content (AvgIpc) is 2.97. The molecule has 1 saturated heterocycles. The fourth-order valence-corrected chi connectivity index (χ4v) is 3.22. The molecule has 32 heavy (non-hydrogen) atoms. The van der Waals surface area contributed by atoms with Gasteiger partial charge in [0.15, 0.2) is 0 Å². The zero-order valence-electron chi connectivity index (χ0n) is 19.5. The lowest BCUT2D eigenvalue weighted by Crippen LogP contribution is -2.41. The molecule has 170 valence electrons. The van der Waals surface area contributed by atoms with Crippen molar-refractivity contribution < 1.29 is 23.6 Å². The summed E-state index contributed by atoms with van der Waals surface area (Å²) >= 11 is 0. The van der Waals surface area contributed by atoms with Crippen molar-refractivity contribution >= 4 is 19.3 Å². The predicted molar refractivity (Wildman–Crippen MR) is 126 cm³/mol. The van der Waals surface area contributed by atoms with Crippen LogP contribution < -0.4 is 10.1 Å². The standard InChI is InChI=1S/C25H32BNO5/c1-6-29-22-14-10-13-20(16-22)15-21(26-31-24(2,3)25(4,5)32-26)17-27-23(28)30-18-19-11-8-7-9-12-19/h7-16H,6,17-18H2,1-5H3,(H,27,28). The highest BCUT2D eigenvalue weighted by Gasteiger charge is 2.52. The molecule has 1 fully saturated rings. The van der Waals surface area contributed by atoms with Crippen LogP contribution in [0.5, 0.6) is 5.75 Å². The molecule has 2 aromatic carbocycles. The predicted octanol–water partition coefficient (Wildman–Crippen LogP) is 5.03. The van der Waals surface area contributed by atoms with E-state index in [2.05, 4.69) is 5.32 Å². The Kier molecular flexibility index (Phi) is 7.64. The first-order valence-electron chi connectivity index (χ1n) is 10.9. The van der Waals surface area contributed by atoms with Crippen LogP contribution in [0.25, 0.3) is 6.08 Å². The van der Waals surface area contributed by atoms with Crippen LogP contribution in [0.4, 0.5) is 4.79 Å². The monoisotopic (exact) mass is 437 g/mol. The Labute approximate surface area is 191 Å². The van der Waals surface area contributed by atoms with E-state index >= 15 is 0 Å². The lowest BCUT2D eigenvalue weighted by atomic mass is 9.77. The van der Waals surface area contributed by atoms with Crippen LogP contribution in [-0.4, -0.2) is 37.6 Å². The largest absolute Gasteiger partial charge is 0.494 e. The van der Waals surface area contributed by atoms with Gasteiger partial charge in [0.05, 0.1) is 17.8 Å². The van der Waals surface area contributed by atoms with Gasteiger partial charge in [0, 0.05) is 6.54 Å². The maximum absolute atomic E-state index is 12.3. The Morgan fingerprint density at radius 1 is 1.03 bits per heavy atom. The minimum absolute atomic E-state index is 0.207. The third kappa shape index (κ3) is 6.14. The second kappa shape index (κ2) is 10.2. The van der Waals surface area contributed by atoms with Crippen molar-refractivity contribution in [2.45, 2.75) is 52.4 Å². The van der Waals surface area contributed by atoms with Gasteiger partial charge in [-0.25, -0.2) is 4.79 Å². The van der Waals surface area contributed by atoms with Gasteiger partial charge in [0.2, 0.25) is 0 Å². The molecule has 1 heterocycles. The normalized spacial score (nSPS) is 17.2. The summed E-state index contributed by atoms with van der Waals surface area (Å²) in [4.78, 5) is 12.3. The fraction of sp³-hybridized carbons (Fsp3) is 0.400. The van der Waals surface area contributed by atoms with Gasteiger partial charge in [0.25, 0.3) is 0 Å². The molecule has 0 atom stereocenters. The van der Waals surface area contributed by atoms with Crippen LogP contribution in [0.1, 0.15) is 45.7 Å². The molecule has 1 N–H and O–H groups in total. The van der Waals surface area contributed by atoms with E-state index in [1.165, 1.54) is 0 Å². The minimum Gasteiger partial charge on any atom is -0.494 e. The molecule has 0 aliphatic carbocycles. The number of amides is 1. The maximum Gasteiger partial charge on any atom is 0.492 e. The van der Waals surface area contributed by atoms with Crippen molar-refractivity contribution in [1.82, 2.24) is 5.32 Å². The van der Waals surface area contributed by atoms with E-state index in [1.54, 1.807) is 0 Å². The first kappa shape index (κ1) is 23.9. The summed E-state index contributed by atoms with van der Waals surface area (Å²) in [6, 6.07) is 17.3. The van der Waals surface area contributed by atoms with E-state index in [-0.39, 0.29) is 13.2 Å². The SMILES string of the molecule is CCOc1cccc(C=C(CNC(=O)OCc2ccccc2)B2OC(C)(C)C(C)(C)O2)c1. The molecular weight excluding hydrogens is 405 g/mol. The van der Waals surface area contributed by atoms with Crippen LogP contribution >= 0.6 is 0 Å². The van der Waals surface area contributed by atoms with E-state index in [1.807, 2.05) is 95.3 Å². The third-order valence-corrected chi connectivity index (χ3v) is 5.73. The zero-order chi connectivity index (χ0) is 23.2. The molecule has 0 bridgehead atoms. The molecule has 3 rings (SSSR count). The number of rotatable bonds is 8. The Balaban J connectivity index is 1.73. The molecular formula is C25H32BNO5. The van der Waals surface area contributed by atoms with E-state index in [0.717, 1.165) is 22.3 Å². The number of hydrogen-bond acceptors (Lipinski definition) is 5.